The maximum Gasteiger partial charge on any atom is 0.327 e. The van der Waals surface area contributed by atoms with Crippen LogP contribution < -0.4 is 27.4 Å². The average molecular weight is 395 g/mol. The number of carbonyl (C=O) groups excluding carboxylic acids is 4. The second kappa shape index (κ2) is 11.5. The van der Waals surface area contributed by atoms with Crippen LogP contribution in [-0.4, -0.2) is 70.9 Å². The molecule has 11 nitrogen and oxygen atoms in total. The molecule has 0 radical (unpaired) electrons. The van der Waals surface area contributed by atoms with Crippen LogP contribution in [0.3, 0.4) is 0 Å². The molecule has 0 aliphatic rings. The SMILES string of the molecule is NC(=O)CC(NC(=O)CNC(=O)C(N)CS)C(=O)NC(CS)C(=O)O. The summed E-state index contributed by atoms with van der Waals surface area (Å²) in [5.74, 6) is -4.69. The van der Waals surface area contributed by atoms with E-state index in [1.54, 1.807) is 0 Å². The first kappa shape index (κ1) is 23.0. The Morgan fingerprint density at radius 2 is 1.56 bits per heavy atom. The van der Waals surface area contributed by atoms with Crippen LogP contribution in [0.2, 0.25) is 0 Å². The van der Waals surface area contributed by atoms with Gasteiger partial charge in [0.2, 0.25) is 23.6 Å². The molecule has 0 aromatic heterocycles. The zero-order chi connectivity index (χ0) is 19.6. The largest absolute Gasteiger partial charge is 0.480 e. The van der Waals surface area contributed by atoms with Crippen LogP contribution in [0.4, 0.5) is 0 Å². The molecular weight excluding hydrogens is 374 g/mol. The van der Waals surface area contributed by atoms with Crippen molar-refractivity contribution in [2.45, 2.75) is 24.5 Å². The highest BCUT2D eigenvalue weighted by atomic mass is 32.1. The van der Waals surface area contributed by atoms with E-state index < -0.39 is 60.7 Å². The number of nitrogens with one attached hydrogen (secondary N) is 3. The van der Waals surface area contributed by atoms with Crippen molar-refractivity contribution < 1.29 is 29.1 Å². The third kappa shape index (κ3) is 9.16. The van der Waals surface area contributed by atoms with Gasteiger partial charge in [0.15, 0.2) is 0 Å². The highest BCUT2D eigenvalue weighted by Gasteiger charge is 2.27. The average Bonchev–Trinajstić information content (AvgIpc) is 2.54. The summed E-state index contributed by atoms with van der Waals surface area (Å²) in [7, 11) is 0. The lowest BCUT2D eigenvalue weighted by Crippen LogP contribution is -2.55. The minimum absolute atomic E-state index is 0.0699. The Labute approximate surface area is 154 Å². The van der Waals surface area contributed by atoms with Gasteiger partial charge in [-0.25, -0.2) is 4.79 Å². The van der Waals surface area contributed by atoms with Crippen molar-refractivity contribution in [3.63, 3.8) is 0 Å². The lowest BCUT2D eigenvalue weighted by Gasteiger charge is -2.20. The molecule has 0 saturated heterocycles. The monoisotopic (exact) mass is 395 g/mol. The summed E-state index contributed by atoms with van der Waals surface area (Å²) >= 11 is 7.61. The van der Waals surface area contributed by atoms with Crippen LogP contribution in [0, 0.1) is 0 Å². The zero-order valence-corrected chi connectivity index (χ0v) is 14.9. The summed E-state index contributed by atoms with van der Waals surface area (Å²) in [4.78, 5) is 57.2. The fourth-order valence-corrected chi connectivity index (χ4v) is 1.91. The van der Waals surface area contributed by atoms with Crippen molar-refractivity contribution in [2.75, 3.05) is 18.1 Å². The number of hydrogen-bond acceptors (Lipinski definition) is 8. The van der Waals surface area contributed by atoms with Crippen molar-refractivity contribution in [3.05, 3.63) is 0 Å². The van der Waals surface area contributed by atoms with Crippen LogP contribution in [0.5, 0.6) is 0 Å². The maximum atomic E-state index is 12.0. The number of primary amides is 1. The molecule has 0 rings (SSSR count). The Balaban J connectivity index is 4.78. The van der Waals surface area contributed by atoms with Gasteiger partial charge in [0.1, 0.15) is 12.1 Å². The highest BCUT2D eigenvalue weighted by molar-refractivity contribution is 7.80. The molecule has 0 spiro atoms. The molecule has 0 heterocycles. The number of aliphatic carboxylic acids is 1. The number of rotatable bonds is 11. The molecule has 0 aromatic rings. The van der Waals surface area contributed by atoms with Crippen molar-refractivity contribution in [1.82, 2.24) is 16.0 Å². The van der Waals surface area contributed by atoms with Crippen molar-refractivity contribution in [3.8, 4) is 0 Å². The Hall–Kier alpha value is -1.99. The number of thiol groups is 2. The van der Waals surface area contributed by atoms with E-state index in [0.29, 0.717) is 0 Å². The van der Waals surface area contributed by atoms with E-state index in [-0.39, 0.29) is 11.5 Å². The maximum absolute atomic E-state index is 12.0. The number of carboxylic acids is 1. The van der Waals surface area contributed by atoms with Crippen molar-refractivity contribution in [2.24, 2.45) is 11.5 Å². The Bertz CT molecular complexity index is 532. The quantitative estimate of drug-likeness (QED) is 0.164. The number of hydrogen-bond donors (Lipinski definition) is 8. The second-order valence-corrected chi connectivity index (χ2v) is 5.61. The van der Waals surface area contributed by atoms with E-state index in [9.17, 15) is 24.0 Å². The molecule has 13 heteroatoms. The minimum Gasteiger partial charge on any atom is -0.480 e. The van der Waals surface area contributed by atoms with Crippen LogP contribution in [0.25, 0.3) is 0 Å². The third-order valence-electron chi connectivity index (χ3n) is 2.81. The Morgan fingerprint density at radius 3 is 2.00 bits per heavy atom. The van der Waals surface area contributed by atoms with Gasteiger partial charge in [0.05, 0.1) is 19.0 Å². The van der Waals surface area contributed by atoms with E-state index >= 15 is 0 Å². The molecule has 0 bridgehead atoms. The van der Waals surface area contributed by atoms with Gasteiger partial charge >= 0.3 is 5.97 Å². The summed E-state index contributed by atoms with van der Waals surface area (Å²) in [6.07, 6.45) is -0.555. The molecule has 3 atom stereocenters. The summed E-state index contributed by atoms with van der Waals surface area (Å²) in [5, 5.41) is 15.4. The number of carbonyl (C=O) groups is 5. The molecule has 4 amide bonds. The third-order valence-corrected chi connectivity index (χ3v) is 3.57. The predicted molar refractivity (Wildman–Crippen MR) is 94.0 cm³/mol. The molecule has 142 valence electrons. The summed E-state index contributed by atoms with van der Waals surface area (Å²) in [5.41, 5.74) is 10.4. The Kier molecular flexibility index (Phi) is 10.6. The van der Waals surface area contributed by atoms with E-state index in [4.69, 9.17) is 16.6 Å². The lowest BCUT2D eigenvalue weighted by molar-refractivity contribution is -0.141. The van der Waals surface area contributed by atoms with Gasteiger partial charge in [-0.3, -0.25) is 19.2 Å². The molecule has 25 heavy (non-hydrogen) atoms. The molecule has 0 saturated carbocycles. The van der Waals surface area contributed by atoms with Gasteiger partial charge in [0, 0.05) is 11.5 Å². The number of amides is 4. The van der Waals surface area contributed by atoms with Crippen LogP contribution in [0.1, 0.15) is 6.42 Å². The fourth-order valence-electron chi connectivity index (χ4n) is 1.50. The van der Waals surface area contributed by atoms with Gasteiger partial charge in [-0.15, -0.1) is 0 Å². The number of nitrogens with two attached hydrogens (primary N) is 2. The van der Waals surface area contributed by atoms with Crippen LogP contribution in [-0.2, 0) is 24.0 Å². The molecular formula is C12H21N5O6S2. The van der Waals surface area contributed by atoms with Gasteiger partial charge in [-0.1, -0.05) is 0 Å². The number of carboxylic acid groups (broad SMARTS) is 1. The van der Waals surface area contributed by atoms with Gasteiger partial charge in [-0.05, 0) is 0 Å². The first-order valence-corrected chi connectivity index (χ1v) is 8.24. The first-order valence-electron chi connectivity index (χ1n) is 6.98. The van der Waals surface area contributed by atoms with E-state index in [1.165, 1.54) is 0 Å². The molecule has 8 N–H and O–H groups in total. The van der Waals surface area contributed by atoms with Crippen molar-refractivity contribution >= 4 is 54.9 Å². The lowest BCUT2D eigenvalue weighted by atomic mass is 10.1. The molecule has 0 fully saturated rings. The smallest absolute Gasteiger partial charge is 0.327 e. The second-order valence-electron chi connectivity index (χ2n) is 4.88. The molecule has 3 unspecified atom stereocenters. The first-order chi connectivity index (χ1) is 11.6. The summed E-state index contributed by atoms with van der Waals surface area (Å²) < 4.78 is 0. The predicted octanol–water partition coefficient (Wildman–Crippen LogP) is -3.78. The van der Waals surface area contributed by atoms with E-state index in [0.717, 1.165) is 0 Å². The van der Waals surface area contributed by atoms with Crippen LogP contribution in [0.15, 0.2) is 0 Å². The summed E-state index contributed by atoms with van der Waals surface area (Å²) in [6.45, 7) is -0.502. The fraction of sp³-hybridized carbons (Fsp3) is 0.583. The van der Waals surface area contributed by atoms with Gasteiger partial charge in [-0.2, -0.15) is 25.3 Å². The van der Waals surface area contributed by atoms with Gasteiger partial charge < -0.3 is 32.5 Å². The molecule has 0 aliphatic carbocycles. The zero-order valence-electron chi connectivity index (χ0n) is 13.1. The summed E-state index contributed by atoms with van der Waals surface area (Å²) in [6, 6.07) is -3.62. The van der Waals surface area contributed by atoms with E-state index in [1.807, 2.05) is 0 Å². The Morgan fingerprint density at radius 1 is 0.960 bits per heavy atom. The molecule has 0 aromatic carbocycles. The normalized spacial score (nSPS) is 13.9. The van der Waals surface area contributed by atoms with Gasteiger partial charge in [0.25, 0.3) is 0 Å². The molecule has 0 aliphatic heterocycles. The topological polar surface area (TPSA) is 194 Å². The standard InChI is InChI=1S/C12H21N5O6S2/c13-5(3-24)10(20)15-2-9(19)16-6(1-8(14)18)11(21)17-7(4-25)12(22)23/h5-7,24-25H,1-4,13H2,(H2,14,18)(H,15,20)(H,16,19)(H,17,21)(H,22,23). The van der Waals surface area contributed by atoms with E-state index in [2.05, 4.69) is 41.2 Å². The van der Waals surface area contributed by atoms with Crippen molar-refractivity contribution in [1.29, 1.82) is 0 Å². The highest BCUT2D eigenvalue weighted by Crippen LogP contribution is 1.96. The minimum atomic E-state index is -1.40. The van der Waals surface area contributed by atoms with Crippen LogP contribution >= 0.6 is 25.3 Å².